The van der Waals surface area contributed by atoms with Gasteiger partial charge in [0.15, 0.2) is 5.78 Å². The second-order valence-electron chi connectivity index (χ2n) is 11.3. The maximum absolute atomic E-state index is 13.1. The van der Waals surface area contributed by atoms with E-state index in [9.17, 15) is 19.2 Å². The standard InChI is InChI=1S/C32H39N3O5/c36-29-12-10-26(32(39)34-29)8-6-25-7-9-27-19-24(5-11-28(27)31(25)38)21-33-30(37)20-23-3-1-22(2-4-23)13-14-35-15-17-40-18-16-35/h1-5,11,19,25-26H,6-10,12-18,20-21H2,(H,33,37)(H,34,36,39). The zero-order chi connectivity index (χ0) is 27.9. The van der Waals surface area contributed by atoms with Crippen LogP contribution in [0.2, 0.25) is 0 Å². The number of carbonyl (C=O) groups excluding carboxylic acids is 4. The molecule has 0 spiro atoms. The molecule has 0 aromatic heterocycles. The van der Waals surface area contributed by atoms with Gasteiger partial charge in [0.1, 0.15) is 0 Å². The monoisotopic (exact) mass is 545 g/mol. The van der Waals surface area contributed by atoms with Crippen molar-refractivity contribution in [2.45, 2.75) is 57.9 Å². The molecule has 2 N–H and O–H groups in total. The first kappa shape index (κ1) is 28.2. The van der Waals surface area contributed by atoms with Crippen molar-refractivity contribution in [1.82, 2.24) is 15.5 Å². The van der Waals surface area contributed by atoms with Gasteiger partial charge in [-0.25, -0.2) is 0 Å². The number of nitrogens with one attached hydrogen (secondary N) is 2. The number of fused-ring (bicyclic) bond motifs is 1. The molecule has 212 valence electrons. The molecule has 1 aliphatic carbocycles. The molecule has 8 nitrogen and oxygen atoms in total. The lowest BCUT2D eigenvalue weighted by Crippen LogP contribution is -2.41. The fourth-order valence-electron chi connectivity index (χ4n) is 5.96. The summed E-state index contributed by atoms with van der Waals surface area (Å²) in [5.74, 6) is -0.574. The van der Waals surface area contributed by atoms with E-state index in [-0.39, 0.29) is 35.3 Å². The summed E-state index contributed by atoms with van der Waals surface area (Å²) in [6.07, 6.45) is 5.13. The van der Waals surface area contributed by atoms with Crippen molar-refractivity contribution in [2.24, 2.45) is 11.8 Å². The normalized spacial score (nSPS) is 21.6. The molecule has 8 heteroatoms. The minimum absolute atomic E-state index is 0.0247. The van der Waals surface area contributed by atoms with Gasteiger partial charge in [-0.1, -0.05) is 42.5 Å². The summed E-state index contributed by atoms with van der Waals surface area (Å²) in [6.45, 7) is 5.06. The number of rotatable bonds is 10. The van der Waals surface area contributed by atoms with Crippen LogP contribution in [0.15, 0.2) is 42.5 Å². The summed E-state index contributed by atoms with van der Waals surface area (Å²) >= 11 is 0. The molecule has 2 aromatic carbocycles. The number of aryl methyl sites for hydroxylation is 1. The van der Waals surface area contributed by atoms with E-state index < -0.39 is 0 Å². The Morgan fingerprint density at radius 1 is 0.900 bits per heavy atom. The largest absolute Gasteiger partial charge is 0.379 e. The van der Waals surface area contributed by atoms with E-state index in [1.807, 2.05) is 30.3 Å². The third-order valence-corrected chi connectivity index (χ3v) is 8.48. The minimum atomic E-state index is -0.208. The van der Waals surface area contributed by atoms with Gasteiger partial charge in [-0.2, -0.15) is 0 Å². The molecule has 2 aromatic rings. The molecule has 5 rings (SSSR count). The lowest BCUT2D eigenvalue weighted by molar-refractivity contribution is -0.136. The number of hydrogen-bond acceptors (Lipinski definition) is 6. The van der Waals surface area contributed by atoms with E-state index in [1.54, 1.807) is 0 Å². The van der Waals surface area contributed by atoms with Crippen LogP contribution in [0, 0.1) is 11.8 Å². The SMILES string of the molecule is O=C(Cc1ccc(CCN2CCOCC2)cc1)NCc1ccc2c(c1)CCC(CCC1CCC(=O)NC1=O)C2=O. The van der Waals surface area contributed by atoms with E-state index in [0.717, 1.165) is 74.4 Å². The molecule has 0 radical (unpaired) electrons. The minimum Gasteiger partial charge on any atom is -0.379 e. The average molecular weight is 546 g/mol. The topological polar surface area (TPSA) is 105 Å². The third kappa shape index (κ3) is 7.43. The van der Waals surface area contributed by atoms with Crippen LogP contribution in [-0.2, 0) is 44.9 Å². The van der Waals surface area contributed by atoms with Gasteiger partial charge in [-0.3, -0.25) is 29.4 Å². The van der Waals surface area contributed by atoms with Gasteiger partial charge < -0.3 is 10.1 Å². The first-order valence-corrected chi connectivity index (χ1v) is 14.6. The number of ketones is 1. The van der Waals surface area contributed by atoms with Crippen LogP contribution in [0.25, 0.3) is 0 Å². The van der Waals surface area contributed by atoms with Crippen molar-refractivity contribution >= 4 is 23.5 Å². The number of piperidine rings is 1. The zero-order valence-electron chi connectivity index (χ0n) is 23.1. The number of nitrogens with zero attached hydrogens (tertiary/aromatic N) is 1. The number of amides is 3. The third-order valence-electron chi connectivity index (χ3n) is 8.48. The highest BCUT2D eigenvalue weighted by molar-refractivity contribution is 6.00. The molecule has 3 aliphatic rings. The molecule has 2 aliphatic heterocycles. The molecule has 2 heterocycles. The summed E-state index contributed by atoms with van der Waals surface area (Å²) < 4.78 is 5.41. The number of hydrogen-bond donors (Lipinski definition) is 2. The molecular weight excluding hydrogens is 506 g/mol. The number of ether oxygens (including phenoxy) is 1. The van der Waals surface area contributed by atoms with Gasteiger partial charge in [0.2, 0.25) is 17.7 Å². The van der Waals surface area contributed by atoms with Crippen LogP contribution in [0.1, 0.15) is 64.7 Å². The predicted octanol–water partition coefficient (Wildman–Crippen LogP) is 3.00. The Labute approximate surface area is 235 Å². The predicted molar refractivity (Wildman–Crippen MR) is 151 cm³/mol. The Kier molecular flexibility index (Phi) is 9.39. The van der Waals surface area contributed by atoms with Gasteiger partial charge >= 0.3 is 0 Å². The van der Waals surface area contributed by atoms with E-state index in [4.69, 9.17) is 4.74 Å². The lowest BCUT2D eigenvalue weighted by atomic mass is 9.78. The lowest BCUT2D eigenvalue weighted by Gasteiger charge is -2.26. The highest BCUT2D eigenvalue weighted by Gasteiger charge is 2.31. The number of morpholine rings is 1. The van der Waals surface area contributed by atoms with E-state index in [1.165, 1.54) is 5.56 Å². The highest BCUT2D eigenvalue weighted by atomic mass is 16.5. The second kappa shape index (κ2) is 13.3. The van der Waals surface area contributed by atoms with Gasteiger partial charge in [-0.05, 0) is 60.8 Å². The van der Waals surface area contributed by atoms with Gasteiger partial charge in [-0.15, -0.1) is 0 Å². The van der Waals surface area contributed by atoms with E-state index in [2.05, 4.69) is 27.7 Å². The molecular formula is C32H39N3O5. The van der Waals surface area contributed by atoms with Crippen molar-refractivity contribution in [3.63, 3.8) is 0 Å². The molecule has 2 unspecified atom stereocenters. The summed E-state index contributed by atoms with van der Waals surface area (Å²) in [5, 5.41) is 5.42. The van der Waals surface area contributed by atoms with Crippen LogP contribution < -0.4 is 10.6 Å². The number of imide groups is 1. The molecule has 2 atom stereocenters. The van der Waals surface area contributed by atoms with Crippen molar-refractivity contribution in [3.05, 3.63) is 70.3 Å². The average Bonchev–Trinajstić information content (AvgIpc) is 2.97. The number of benzene rings is 2. The first-order chi connectivity index (χ1) is 19.4. The van der Waals surface area contributed by atoms with Crippen molar-refractivity contribution in [3.8, 4) is 0 Å². The highest BCUT2D eigenvalue weighted by Crippen LogP contribution is 2.31. The molecule has 3 amide bonds. The van der Waals surface area contributed by atoms with Crippen molar-refractivity contribution < 1.29 is 23.9 Å². The van der Waals surface area contributed by atoms with E-state index in [0.29, 0.717) is 38.6 Å². The van der Waals surface area contributed by atoms with Crippen LogP contribution in [0.5, 0.6) is 0 Å². The smallest absolute Gasteiger partial charge is 0.229 e. The number of Topliss-reactive ketones (excluding diaryl/α,β-unsaturated/α-hetero) is 1. The maximum Gasteiger partial charge on any atom is 0.229 e. The summed E-state index contributed by atoms with van der Waals surface area (Å²) in [5.41, 5.74) is 5.04. The van der Waals surface area contributed by atoms with Crippen LogP contribution in [0.3, 0.4) is 0 Å². The number of carbonyl (C=O) groups is 4. The van der Waals surface area contributed by atoms with E-state index >= 15 is 0 Å². The summed E-state index contributed by atoms with van der Waals surface area (Å²) in [4.78, 5) is 51.5. The van der Waals surface area contributed by atoms with Crippen molar-refractivity contribution in [2.75, 3.05) is 32.8 Å². The van der Waals surface area contributed by atoms with Crippen LogP contribution in [0.4, 0.5) is 0 Å². The Bertz CT molecular complexity index is 1240. The Morgan fingerprint density at radius 3 is 2.38 bits per heavy atom. The van der Waals surface area contributed by atoms with Crippen LogP contribution in [-0.4, -0.2) is 61.3 Å². The van der Waals surface area contributed by atoms with Gasteiger partial charge in [0.05, 0.1) is 19.6 Å². The van der Waals surface area contributed by atoms with Gasteiger partial charge in [0.25, 0.3) is 0 Å². The molecule has 2 fully saturated rings. The Hall–Kier alpha value is -3.36. The first-order valence-electron chi connectivity index (χ1n) is 14.6. The quantitative estimate of drug-likeness (QED) is 0.445. The Balaban J connectivity index is 1.06. The van der Waals surface area contributed by atoms with Crippen molar-refractivity contribution in [1.29, 1.82) is 0 Å². The maximum atomic E-state index is 13.1. The Morgan fingerprint density at radius 2 is 1.60 bits per heavy atom. The fraction of sp³-hybridized carbons (Fsp3) is 0.500. The molecule has 2 saturated heterocycles. The zero-order valence-corrected chi connectivity index (χ0v) is 23.1. The summed E-state index contributed by atoms with van der Waals surface area (Å²) in [6, 6.07) is 14.1. The molecule has 0 bridgehead atoms. The molecule has 40 heavy (non-hydrogen) atoms. The molecule has 0 saturated carbocycles. The summed E-state index contributed by atoms with van der Waals surface area (Å²) in [7, 11) is 0. The van der Waals surface area contributed by atoms with Crippen LogP contribution >= 0.6 is 0 Å². The fourth-order valence-corrected chi connectivity index (χ4v) is 5.96. The second-order valence-corrected chi connectivity index (χ2v) is 11.3. The van der Waals surface area contributed by atoms with Gasteiger partial charge in [0, 0.05) is 50.0 Å².